The van der Waals surface area contributed by atoms with Crippen LogP contribution in [-0.2, 0) is 9.53 Å². The lowest BCUT2D eigenvalue weighted by Gasteiger charge is -2.12. The van der Waals surface area contributed by atoms with Crippen LogP contribution in [0.3, 0.4) is 0 Å². The Bertz CT molecular complexity index is 990. The summed E-state index contributed by atoms with van der Waals surface area (Å²) in [5, 5.41) is 5.90. The van der Waals surface area contributed by atoms with Gasteiger partial charge < -0.3 is 20.1 Å². The number of pyridine rings is 1. The van der Waals surface area contributed by atoms with E-state index in [0.29, 0.717) is 18.0 Å². The van der Waals surface area contributed by atoms with Crippen molar-refractivity contribution in [1.29, 1.82) is 0 Å². The zero-order chi connectivity index (χ0) is 19.9. The van der Waals surface area contributed by atoms with E-state index in [-0.39, 0.29) is 6.54 Å². The normalized spacial score (nSPS) is 10.4. The summed E-state index contributed by atoms with van der Waals surface area (Å²) in [5.74, 6) is 0.162. The first-order valence-electron chi connectivity index (χ1n) is 8.85. The minimum absolute atomic E-state index is 0.206. The fraction of sp³-hybridized carbons (Fsp3) is 0.190. The van der Waals surface area contributed by atoms with E-state index in [1.807, 2.05) is 49.4 Å². The maximum Gasteiger partial charge on any atom is 0.325 e. The molecule has 0 aliphatic rings. The number of amides is 2. The highest BCUT2D eigenvalue weighted by Crippen LogP contribution is 2.31. The van der Waals surface area contributed by atoms with Crippen molar-refractivity contribution in [2.24, 2.45) is 0 Å². The van der Waals surface area contributed by atoms with Crippen LogP contribution >= 0.6 is 0 Å². The van der Waals surface area contributed by atoms with E-state index in [1.54, 1.807) is 12.1 Å². The summed E-state index contributed by atoms with van der Waals surface area (Å²) in [7, 11) is 1.26. The fourth-order valence-electron chi connectivity index (χ4n) is 2.70. The smallest absolute Gasteiger partial charge is 0.325 e. The number of hydrogen-bond donors (Lipinski definition) is 2. The Labute approximate surface area is 162 Å². The van der Waals surface area contributed by atoms with Crippen LogP contribution < -0.4 is 15.4 Å². The van der Waals surface area contributed by atoms with E-state index in [0.717, 1.165) is 22.2 Å². The number of carbonyl (C=O) groups is 2. The van der Waals surface area contributed by atoms with Crippen molar-refractivity contribution in [1.82, 2.24) is 10.3 Å². The monoisotopic (exact) mass is 379 g/mol. The first kappa shape index (κ1) is 19.2. The number of nitrogens with zero attached hydrogens (tertiary/aromatic N) is 1. The molecule has 0 saturated carbocycles. The van der Waals surface area contributed by atoms with Gasteiger partial charge in [-0.15, -0.1) is 0 Å². The molecule has 2 aromatic carbocycles. The molecular weight excluding hydrogens is 358 g/mol. The van der Waals surface area contributed by atoms with E-state index in [1.165, 1.54) is 7.11 Å². The van der Waals surface area contributed by atoms with Crippen LogP contribution in [0.4, 0.5) is 10.5 Å². The molecule has 0 aliphatic carbocycles. The SMILES string of the molecule is CCOc1cc(-c2ccccc2)nc2ccc(NC(=O)NCC(=O)OC)cc12. The van der Waals surface area contributed by atoms with Gasteiger partial charge in [-0.2, -0.15) is 0 Å². The van der Waals surface area contributed by atoms with Gasteiger partial charge in [0, 0.05) is 22.7 Å². The highest BCUT2D eigenvalue weighted by atomic mass is 16.5. The number of benzene rings is 2. The number of urea groups is 1. The summed E-state index contributed by atoms with van der Waals surface area (Å²) < 4.78 is 10.3. The topological polar surface area (TPSA) is 89.5 Å². The lowest BCUT2D eigenvalue weighted by Crippen LogP contribution is -2.33. The molecule has 2 amide bonds. The standard InChI is InChI=1S/C21H21N3O4/c1-3-28-19-12-18(14-7-5-4-6-8-14)24-17-10-9-15(11-16(17)19)23-21(26)22-13-20(25)27-2/h4-12H,3,13H2,1-2H3,(H2,22,23,26). The van der Waals surface area contributed by atoms with Crippen LogP contribution in [0.1, 0.15) is 6.92 Å². The van der Waals surface area contributed by atoms with E-state index < -0.39 is 12.0 Å². The van der Waals surface area contributed by atoms with Crippen molar-refractivity contribution in [2.75, 3.05) is 25.6 Å². The molecule has 7 nitrogen and oxygen atoms in total. The minimum Gasteiger partial charge on any atom is -0.493 e. The van der Waals surface area contributed by atoms with Crippen molar-refractivity contribution >= 4 is 28.6 Å². The van der Waals surface area contributed by atoms with Crippen LogP contribution in [-0.4, -0.2) is 37.2 Å². The van der Waals surface area contributed by atoms with Gasteiger partial charge in [-0.3, -0.25) is 4.79 Å². The number of hydrogen-bond acceptors (Lipinski definition) is 5. The Morgan fingerprint density at radius 2 is 1.86 bits per heavy atom. The number of ether oxygens (including phenoxy) is 2. The Kier molecular flexibility index (Phi) is 6.06. The molecule has 0 bridgehead atoms. The van der Waals surface area contributed by atoms with E-state index in [2.05, 4.69) is 15.4 Å². The zero-order valence-electron chi connectivity index (χ0n) is 15.7. The molecule has 0 atom stereocenters. The van der Waals surface area contributed by atoms with Crippen LogP contribution in [0.15, 0.2) is 54.6 Å². The number of nitrogens with one attached hydrogen (secondary N) is 2. The second kappa shape index (κ2) is 8.85. The van der Waals surface area contributed by atoms with Gasteiger partial charge in [-0.05, 0) is 25.1 Å². The summed E-state index contributed by atoms with van der Waals surface area (Å²) in [5.41, 5.74) is 3.12. The Morgan fingerprint density at radius 3 is 2.57 bits per heavy atom. The van der Waals surface area contributed by atoms with Gasteiger partial charge >= 0.3 is 12.0 Å². The average molecular weight is 379 g/mol. The molecule has 0 radical (unpaired) electrons. The highest BCUT2D eigenvalue weighted by molar-refractivity contribution is 5.96. The molecule has 0 saturated heterocycles. The van der Waals surface area contributed by atoms with Crippen LogP contribution in [0.5, 0.6) is 5.75 Å². The van der Waals surface area contributed by atoms with E-state index >= 15 is 0 Å². The molecule has 0 spiro atoms. The van der Waals surface area contributed by atoms with Crippen LogP contribution in [0.25, 0.3) is 22.2 Å². The zero-order valence-corrected chi connectivity index (χ0v) is 15.7. The number of carbonyl (C=O) groups excluding carboxylic acids is 2. The van der Waals surface area contributed by atoms with Gasteiger partial charge in [0.05, 0.1) is 24.9 Å². The summed E-state index contributed by atoms with van der Waals surface area (Å²) in [6, 6.07) is 16.6. The van der Waals surface area contributed by atoms with Crippen LogP contribution in [0.2, 0.25) is 0 Å². The molecule has 0 aliphatic heterocycles. The maximum absolute atomic E-state index is 11.9. The second-order valence-corrected chi connectivity index (χ2v) is 5.92. The number of esters is 1. The molecule has 3 rings (SSSR count). The second-order valence-electron chi connectivity index (χ2n) is 5.92. The first-order valence-corrected chi connectivity index (χ1v) is 8.85. The maximum atomic E-state index is 11.9. The Morgan fingerprint density at radius 1 is 1.07 bits per heavy atom. The average Bonchev–Trinajstić information content (AvgIpc) is 2.73. The first-order chi connectivity index (χ1) is 13.6. The fourth-order valence-corrected chi connectivity index (χ4v) is 2.70. The van der Waals surface area contributed by atoms with Crippen LogP contribution in [0, 0.1) is 0 Å². The minimum atomic E-state index is -0.523. The van der Waals surface area contributed by atoms with Crippen molar-refractivity contribution in [3.63, 3.8) is 0 Å². The van der Waals surface area contributed by atoms with Gasteiger partial charge in [0.2, 0.25) is 0 Å². The number of anilines is 1. The summed E-state index contributed by atoms with van der Waals surface area (Å²) in [6.45, 7) is 2.21. The van der Waals surface area contributed by atoms with E-state index in [4.69, 9.17) is 9.72 Å². The predicted octanol–water partition coefficient (Wildman–Crippen LogP) is 3.60. The largest absolute Gasteiger partial charge is 0.493 e. The lowest BCUT2D eigenvalue weighted by atomic mass is 10.1. The Hall–Kier alpha value is -3.61. The quantitative estimate of drug-likeness (QED) is 0.639. The summed E-state index contributed by atoms with van der Waals surface area (Å²) in [4.78, 5) is 27.8. The van der Waals surface area contributed by atoms with Gasteiger partial charge in [0.15, 0.2) is 0 Å². The summed E-state index contributed by atoms with van der Waals surface area (Å²) in [6.07, 6.45) is 0. The van der Waals surface area contributed by atoms with Gasteiger partial charge in [-0.25, -0.2) is 9.78 Å². The van der Waals surface area contributed by atoms with Crippen molar-refractivity contribution in [2.45, 2.75) is 6.92 Å². The van der Waals surface area contributed by atoms with Crippen molar-refractivity contribution < 1.29 is 19.1 Å². The molecule has 1 aromatic heterocycles. The summed E-state index contributed by atoms with van der Waals surface area (Å²) >= 11 is 0. The van der Waals surface area contributed by atoms with Crippen molar-refractivity contribution in [3.05, 3.63) is 54.6 Å². The molecule has 28 heavy (non-hydrogen) atoms. The predicted molar refractivity (Wildman–Crippen MR) is 107 cm³/mol. The van der Waals surface area contributed by atoms with Gasteiger partial charge in [-0.1, -0.05) is 30.3 Å². The van der Waals surface area contributed by atoms with Gasteiger partial charge in [0.25, 0.3) is 0 Å². The number of methoxy groups -OCH3 is 1. The number of fused-ring (bicyclic) bond motifs is 1. The molecule has 1 heterocycles. The number of aromatic nitrogens is 1. The highest BCUT2D eigenvalue weighted by Gasteiger charge is 2.11. The third kappa shape index (κ3) is 4.56. The lowest BCUT2D eigenvalue weighted by molar-refractivity contribution is -0.139. The van der Waals surface area contributed by atoms with Crippen molar-refractivity contribution in [3.8, 4) is 17.0 Å². The van der Waals surface area contributed by atoms with Gasteiger partial charge in [0.1, 0.15) is 12.3 Å². The van der Waals surface area contributed by atoms with E-state index in [9.17, 15) is 9.59 Å². The molecular formula is C21H21N3O4. The molecule has 144 valence electrons. The third-order valence-electron chi connectivity index (χ3n) is 4.02. The molecule has 0 fully saturated rings. The third-order valence-corrected chi connectivity index (χ3v) is 4.02. The molecule has 0 unspecified atom stereocenters. The Balaban J connectivity index is 1.89. The molecule has 2 N–H and O–H groups in total. The number of rotatable bonds is 6. The molecule has 7 heteroatoms. The molecule has 3 aromatic rings.